The molecule has 0 aliphatic carbocycles. The van der Waals surface area contributed by atoms with Crippen molar-refractivity contribution in [1.82, 2.24) is 9.80 Å². The van der Waals surface area contributed by atoms with E-state index < -0.39 is 0 Å². The molecule has 0 unspecified atom stereocenters. The van der Waals surface area contributed by atoms with Gasteiger partial charge < -0.3 is 23.9 Å². The molecule has 7 heteroatoms. The third kappa shape index (κ3) is 5.59. The van der Waals surface area contributed by atoms with Crippen LogP contribution in [0.25, 0.3) is 0 Å². The van der Waals surface area contributed by atoms with Gasteiger partial charge in [0.2, 0.25) is 5.91 Å². The van der Waals surface area contributed by atoms with Crippen LogP contribution in [0.15, 0.2) is 16.5 Å². The first-order valence-corrected chi connectivity index (χ1v) is 8.15. The monoisotopic (exact) mass is 340 g/mol. The van der Waals surface area contributed by atoms with Crippen molar-refractivity contribution < 1.29 is 23.8 Å². The van der Waals surface area contributed by atoms with Gasteiger partial charge in [0.15, 0.2) is 0 Å². The maximum Gasteiger partial charge on any atom is 0.248 e. The zero-order valence-electron chi connectivity index (χ0n) is 14.9. The summed E-state index contributed by atoms with van der Waals surface area (Å²) in [6.45, 7) is 6.55. The number of carbonyl (C=O) groups excluding carboxylic acids is 1. The van der Waals surface area contributed by atoms with E-state index >= 15 is 0 Å². The second-order valence-electron chi connectivity index (χ2n) is 7.00. The molecular formula is C17H28N2O5. The lowest BCUT2D eigenvalue weighted by atomic mass is 10.1. The number of hydrogen-bond acceptors (Lipinski definition) is 6. The van der Waals surface area contributed by atoms with Gasteiger partial charge in [-0.25, -0.2) is 0 Å². The number of morpholine rings is 1. The van der Waals surface area contributed by atoms with Crippen LogP contribution in [-0.4, -0.2) is 72.9 Å². The Bertz CT molecular complexity index is 541. The number of ether oxygens (including phenoxy) is 2. The molecule has 24 heavy (non-hydrogen) atoms. The quantitative estimate of drug-likeness (QED) is 0.793. The Morgan fingerprint density at radius 2 is 2.12 bits per heavy atom. The topological polar surface area (TPSA) is 75.4 Å². The first kappa shape index (κ1) is 18.9. The molecule has 1 aliphatic rings. The summed E-state index contributed by atoms with van der Waals surface area (Å²) in [6, 6.07) is 3.67. The second-order valence-corrected chi connectivity index (χ2v) is 7.00. The molecule has 1 N–H and O–H groups in total. The van der Waals surface area contributed by atoms with Crippen LogP contribution in [0.2, 0.25) is 0 Å². The van der Waals surface area contributed by atoms with Crippen LogP contribution < -0.4 is 0 Å². The number of amides is 1. The number of nitrogens with zero attached hydrogens (tertiary/aromatic N) is 2. The summed E-state index contributed by atoms with van der Waals surface area (Å²) in [4.78, 5) is 15.3. The third-order valence-corrected chi connectivity index (χ3v) is 3.83. The molecule has 1 atom stereocenters. The molecule has 0 saturated carbocycles. The van der Waals surface area contributed by atoms with Gasteiger partial charge in [-0.1, -0.05) is 0 Å². The van der Waals surface area contributed by atoms with Crippen molar-refractivity contribution in [2.75, 3.05) is 40.4 Å². The Balaban J connectivity index is 1.87. The van der Waals surface area contributed by atoms with Gasteiger partial charge in [0.1, 0.15) is 24.7 Å². The molecule has 0 aromatic carbocycles. The number of carbonyl (C=O) groups is 1. The number of furan rings is 1. The molecule has 1 amide bonds. The lowest BCUT2D eigenvalue weighted by Gasteiger charge is -2.42. The van der Waals surface area contributed by atoms with E-state index in [0.29, 0.717) is 25.5 Å². The minimum Gasteiger partial charge on any atom is -0.462 e. The van der Waals surface area contributed by atoms with Crippen LogP contribution >= 0.6 is 0 Å². The van der Waals surface area contributed by atoms with Crippen LogP contribution in [0.3, 0.4) is 0 Å². The molecule has 2 heterocycles. The van der Waals surface area contributed by atoms with Crippen LogP contribution in [0, 0.1) is 0 Å². The Kier molecular flexibility index (Phi) is 6.40. The lowest BCUT2D eigenvalue weighted by Crippen LogP contribution is -2.53. The van der Waals surface area contributed by atoms with Gasteiger partial charge in [0, 0.05) is 27.2 Å². The van der Waals surface area contributed by atoms with E-state index in [1.807, 2.05) is 19.9 Å². The minimum absolute atomic E-state index is 0.0608. The summed E-state index contributed by atoms with van der Waals surface area (Å²) in [6.07, 6.45) is -0.101. The molecule has 0 spiro atoms. The Morgan fingerprint density at radius 1 is 1.42 bits per heavy atom. The van der Waals surface area contributed by atoms with Crippen molar-refractivity contribution in [1.29, 1.82) is 0 Å². The number of likely N-dealkylation sites (N-methyl/N-ethyl adjacent to an activating group) is 1. The molecule has 1 fully saturated rings. The largest absolute Gasteiger partial charge is 0.462 e. The predicted octanol–water partition coefficient (Wildman–Crippen LogP) is 0.856. The van der Waals surface area contributed by atoms with Crippen molar-refractivity contribution in [3.63, 3.8) is 0 Å². The summed E-state index contributed by atoms with van der Waals surface area (Å²) in [5, 5.41) is 9.09. The fourth-order valence-electron chi connectivity index (χ4n) is 2.84. The van der Waals surface area contributed by atoms with Gasteiger partial charge in [-0.3, -0.25) is 9.69 Å². The minimum atomic E-state index is -0.301. The standard InChI is InChI=1S/C17H28N2O5/c1-17(2)12-19(7-13-5-6-14(9-20)23-13)8-15(24-17)10-22-11-16(21)18(3)4/h5-6,15,20H,7-12H2,1-4H3/t15-/m1/s1. The molecule has 136 valence electrons. The van der Waals surface area contributed by atoms with Crippen molar-refractivity contribution >= 4 is 5.91 Å². The number of aliphatic hydroxyl groups excluding tert-OH is 1. The average Bonchev–Trinajstić information content (AvgIpc) is 2.93. The second kappa shape index (κ2) is 8.11. The maximum absolute atomic E-state index is 11.6. The molecule has 1 aromatic rings. The van der Waals surface area contributed by atoms with E-state index in [4.69, 9.17) is 19.0 Å². The number of rotatable bonds is 7. The van der Waals surface area contributed by atoms with Crippen molar-refractivity contribution in [2.24, 2.45) is 0 Å². The van der Waals surface area contributed by atoms with Crippen LogP contribution in [0.1, 0.15) is 25.4 Å². The molecule has 0 bridgehead atoms. The van der Waals surface area contributed by atoms with Gasteiger partial charge in [-0.15, -0.1) is 0 Å². The Hall–Kier alpha value is -1.41. The highest BCUT2D eigenvalue weighted by Gasteiger charge is 2.33. The van der Waals surface area contributed by atoms with E-state index in [-0.39, 0.29) is 30.8 Å². The summed E-state index contributed by atoms with van der Waals surface area (Å²) in [7, 11) is 3.41. The van der Waals surface area contributed by atoms with Crippen LogP contribution in [0.5, 0.6) is 0 Å². The SMILES string of the molecule is CN(C)C(=O)COC[C@H]1CN(Cc2ccc(CO)o2)CC(C)(C)O1. The van der Waals surface area contributed by atoms with Gasteiger partial charge >= 0.3 is 0 Å². The highest BCUT2D eigenvalue weighted by Crippen LogP contribution is 2.23. The van der Waals surface area contributed by atoms with E-state index in [1.54, 1.807) is 20.2 Å². The average molecular weight is 340 g/mol. The summed E-state index contributed by atoms with van der Waals surface area (Å²) < 4.78 is 17.1. The molecule has 0 radical (unpaired) electrons. The van der Waals surface area contributed by atoms with Crippen molar-refractivity contribution in [3.05, 3.63) is 23.7 Å². The molecule has 7 nitrogen and oxygen atoms in total. The van der Waals surface area contributed by atoms with Gasteiger partial charge in [0.05, 0.1) is 24.9 Å². The van der Waals surface area contributed by atoms with Crippen molar-refractivity contribution in [2.45, 2.75) is 38.7 Å². The predicted molar refractivity (Wildman–Crippen MR) is 88.4 cm³/mol. The van der Waals surface area contributed by atoms with Gasteiger partial charge in [0.25, 0.3) is 0 Å². The van der Waals surface area contributed by atoms with E-state index in [9.17, 15) is 4.79 Å². The lowest BCUT2D eigenvalue weighted by molar-refractivity contribution is -0.162. The molecule has 1 saturated heterocycles. The Labute approximate surface area is 143 Å². The summed E-state index contributed by atoms with van der Waals surface area (Å²) in [5.41, 5.74) is -0.301. The zero-order valence-corrected chi connectivity index (χ0v) is 14.9. The van der Waals surface area contributed by atoms with Crippen LogP contribution in [0.4, 0.5) is 0 Å². The molecule has 2 rings (SSSR count). The Morgan fingerprint density at radius 3 is 2.75 bits per heavy atom. The summed E-state index contributed by atoms with van der Waals surface area (Å²) >= 11 is 0. The van der Waals surface area contributed by atoms with Gasteiger partial charge in [-0.2, -0.15) is 0 Å². The fourth-order valence-corrected chi connectivity index (χ4v) is 2.84. The van der Waals surface area contributed by atoms with Crippen LogP contribution in [-0.2, 0) is 27.4 Å². The van der Waals surface area contributed by atoms with E-state index in [0.717, 1.165) is 12.3 Å². The first-order valence-electron chi connectivity index (χ1n) is 8.15. The van der Waals surface area contributed by atoms with E-state index in [2.05, 4.69) is 4.90 Å². The summed E-state index contributed by atoms with van der Waals surface area (Å²) in [5.74, 6) is 1.33. The number of aliphatic hydroxyl groups is 1. The smallest absolute Gasteiger partial charge is 0.248 e. The normalized spacial score (nSPS) is 21.0. The van der Waals surface area contributed by atoms with Gasteiger partial charge in [-0.05, 0) is 26.0 Å². The molecule has 1 aromatic heterocycles. The highest BCUT2D eigenvalue weighted by molar-refractivity contribution is 5.76. The number of hydrogen-bond donors (Lipinski definition) is 1. The van der Waals surface area contributed by atoms with E-state index in [1.165, 1.54) is 4.90 Å². The molecular weight excluding hydrogens is 312 g/mol. The maximum atomic E-state index is 11.6. The first-order chi connectivity index (χ1) is 11.3. The molecule has 1 aliphatic heterocycles. The fraction of sp³-hybridized carbons (Fsp3) is 0.706. The third-order valence-electron chi connectivity index (χ3n) is 3.83. The zero-order chi connectivity index (χ0) is 17.7. The van der Waals surface area contributed by atoms with Crippen molar-refractivity contribution in [3.8, 4) is 0 Å². The highest BCUT2D eigenvalue weighted by atomic mass is 16.6.